The molecule has 29 heavy (non-hydrogen) atoms. The molecule has 2 amide bonds. The summed E-state index contributed by atoms with van der Waals surface area (Å²) in [6.45, 7) is 1.29. The van der Waals surface area contributed by atoms with Crippen LogP contribution in [0, 0.1) is 0 Å². The average molecular weight is 390 g/mol. The molecule has 0 saturated heterocycles. The van der Waals surface area contributed by atoms with Crippen molar-refractivity contribution in [2.75, 3.05) is 34.2 Å². The van der Waals surface area contributed by atoms with Gasteiger partial charge in [-0.2, -0.15) is 0 Å². The van der Waals surface area contributed by atoms with Crippen molar-refractivity contribution in [2.24, 2.45) is 0 Å². The zero-order valence-corrected chi connectivity index (χ0v) is 17.0. The molecule has 1 aromatic heterocycles. The van der Waals surface area contributed by atoms with Crippen molar-refractivity contribution in [3.05, 3.63) is 77.6 Å². The molecule has 150 valence electrons. The molecule has 0 atom stereocenters. The van der Waals surface area contributed by atoms with Crippen molar-refractivity contribution in [2.45, 2.75) is 0 Å². The molecule has 0 aliphatic carbocycles. The zero-order chi connectivity index (χ0) is 20.8. The highest BCUT2D eigenvalue weighted by molar-refractivity contribution is 6.06. The van der Waals surface area contributed by atoms with Gasteiger partial charge in [0.2, 0.25) is 0 Å². The smallest absolute Gasteiger partial charge is 0.270 e. The maximum atomic E-state index is 13.1. The number of benzene rings is 2. The summed E-state index contributed by atoms with van der Waals surface area (Å²) in [5.74, 6) is -0.549. The zero-order valence-electron chi connectivity index (χ0n) is 17.0. The minimum absolute atomic E-state index is 0.235. The van der Waals surface area contributed by atoms with E-state index >= 15 is 0 Å². The van der Waals surface area contributed by atoms with Crippen molar-refractivity contribution < 1.29 is 9.59 Å². The SMILES string of the molecule is CN(C)CCN(C)C(=O)/C(=C/c1c[nH]c2ccccc12)NC(=O)c1ccccc1. The van der Waals surface area contributed by atoms with Crippen molar-refractivity contribution in [1.82, 2.24) is 20.1 Å². The lowest BCUT2D eigenvalue weighted by Gasteiger charge is -2.21. The Morgan fingerprint density at radius 3 is 2.38 bits per heavy atom. The van der Waals surface area contributed by atoms with E-state index in [2.05, 4.69) is 10.3 Å². The number of nitrogens with one attached hydrogen (secondary N) is 2. The van der Waals surface area contributed by atoms with Crippen LogP contribution in [0.2, 0.25) is 0 Å². The molecule has 0 aliphatic rings. The van der Waals surface area contributed by atoms with Gasteiger partial charge in [0.15, 0.2) is 0 Å². The van der Waals surface area contributed by atoms with Gasteiger partial charge in [-0.05, 0) is 38.4 Å². The topological polar surface area (TPSA) is 68.4 Å². The Labute approximate surface area is 170 Å². The number of para-hydroxylation sites is 1. The first kappa shape index (κ1) is 20.4. The molecule has 0 unspecified atom stereocenters. The van der Waals surface area contributed by atoms with Crippen LogP contribution in [0.25, 0.3) is 17.0 Å². The molecule has 0 radical (unpaired) electrons. The van der Waals surface area contributed by atoms with Gasteiger partial charge in [-0.3, -0.25) is 9.59 Å². The second-order valence-corrected chi connectivity index (χ2v) is 7.20. The number of hydrogen-bond donors (Lipinski definition) is 2. The molecule has 2 N–H and O–H groups in total. The van der Waals surface area contributed by atoms with Gasteiger partial charge in [0.05, 0.1) is 0 Å². The summed E-state index contributed by atoms with van der Waals surface area (Å²) in [5, 5.41) is 3.80. The normalized spacial score (nSPS) is 11.7. The lowest BCUT2D eigenvalue weighted by Crippen LogP contribution is -2.39. The molecule has 0 saturated carbocycles. The van der Waals surface area contributed by atoms with E-state index in [0.29, 0.717) is 12.1 Å². The first-order chi connectivity index (χ1) is 14.0. The minimum Gasteiger partial charge on any atom is -0.361 e. The van der Waals surface area contributed by atoms with E-state index in [1.807, 2.05) is 55.5 Å². The number of aromatic amines is 1. The average Bonchev–Trinajstić information content (AvgIpc) is 3.14. The van der Waals surface area contributed by atoms with Crippen LogP contribution in [0.1, 0.15) is 15.9 Å². The summed E-state index contributed by atoms with van der Waals surface area (Å²) in [7, 11) is 5.65. The van der Waals surface area contributed by atoms with Gasteiger partial charge in [0, 0.05) is 48.4 Å². The summed E-state index contributed by atoms with van der Waals surface area (Å²) in [6, 6.07) is 16.7. The molecule has 1 heterocycles. The molecular weight excluding hydrogens is 364 g/mol. The number of carbonyl (C=O) groups excluding carboxylic acids is 2. The number of carbonyl (C=O) groups is 2. The van der Waals surface area contributed by atoms with Gasteiger partial charge >= 0.3 is 0 Å². The van der Waals surface area contributed by atoms with E-state index in [4.69, 9.17) is 0 Å². The van der Waals surface area contributed by atoms with Gasteiger partial charge in [-0.15, -0.1) is 0 Å². The van der Waals surface area contributed by atoms with Crippen molar-refractivity contribution in [1.29, 1.82) is 0 Å². The molecule has 0 aliphatic heterocycles. The molecule has 3 rings (SSSR count). The molecule has 6 nitrogen and oxygen atoms in total. The molecule has 0 spiro atoms. The minimum atomic E-state index is -0.314. The van der Waals surface area contributed by atoms with Crippen LogP contribution in [0.4, 0.5) is 0 Å². The summed E-state index contributed by atoms with van der Waals surface area (Å²) < 4.78 is 0. The second kappa shape index (κ2) is 9.21. The van der Waals surface area contributed by atoms with Crippen molar-refractivity contribution >= 4 is 28.8 Å². The van der Waals surface area contributed by atoms with Crippen LogP contribution in [0.15, 0.2) is 66.5 Å². The molecule has 6 heteroatoms. The summed E-state index contributed by atoms with van der Waals surface area (Å²) in [6.07, 6.45) is 3.57. The number of likely N-dealkylation sites (N-methyl/N-ethyl adjacent to an activating group) is 2. The molecule has 2 aromatic carbocycles. The Bertz CT molecular complexity index is 1020. The summed E-state index contributed by atoms with van der Waals surface area (Å²) >= 11 is 0. The van der Waals surface area contributed by atoms with E-state index in [1.165, 1.54) is 0 Å². The Kier molecular flexibility index (Phi) is 6.46. The fourth-order valence-corrected chi connectivity index (χ4v) is 2.96. The van der Waals surface area contributed by atoms with Crippen LogP contribution in [0.5, 0.6) is 0 Å². The number of nitrogens with zero attached hydrogens (tertiary/aromatic N) is 2. The Balaban J connectivity index is 1.92. The third-order valence-electron chi connectivity index (χ3n) is 4.66. The lowest BCUT2D eigenvalue weighted by atomic mass is 10.1. The molecule has 0 fully saturated rings. The van der Waals surface area contributed by atoms with Crippen LogP contribution >= 0.6 is 0 Å². The van der Waals surface area contributed by atoms with E-state index in [0.717, 1.165) is 23.0 Å². The van der Waals surface area contributed by atoms with Gasteiger partial charge < -0.3 is 20.1 Å². The number of aromatic nitrogens is 1. The van der Waals surface area contributed by atoms with Gasteiger partial charge in [-0.1, -0.05) is 36.4 Å². The third kappa shape index (κ3) is 5.12. The summed E-state index contributed by atoms with van der Waals surface area (Å²) in [4.78, 5) is 32.6. The highest BCUT2D eigenvalue weighted by Gasteiger charge is 2.19. The van der Waals surface area contributed by atoms with Crippen molar-refractivity contribution in [3.63, 3.8) is 0 Å². The first-order valence-electron chi connectivity index (χ1n) is 9.50. The third-order valence-corrected chi connectivity index (χ3v) is 4.66. The highest BCUT2D eigenvalue weighted by atomic mass is 16.2. The monoisotopic (exact) mass is 390 g/mol. The maximum absolute atomic E-state index is 13.1. The van der Waals surface area contributed by atoms with E-state index < -0.39 is 0 Å². The number of H-pyrrole nitrogens is 1. The molecule has 0 bridgehead atoms. The predicted molar refractivity (Wildman–Crippen MR) is 116 cm³/mol. The maximum Gasteiger partial charge on any atom is 0.270 e. The molecular formula is C23H26N4O2. The predicted octanol–water partition coefficient (Wildman–Crippen LogP) is 2.96. The number of rotatable bonds is 7. The van der Waals surface area contributed by atoms with Crippen LogP contribution in [0.3, 0.4) is 0 Å². The standard InChI is InChI=1S/C23H26N4O2/c1-26(2)13-14-27(3)23(29)21(25-22(28)17-9-5-4-6-10-17)15-18-16-24-20-12-8-7-11-19(18)20/h4-12,15-16,24H,13-14H2,1-3H3,(H,25,28)/b21-15-. The number of fused-ring (bicyclic) bond motifs is 1. The fraction of sp³-hybridized carbons (Fsp3) is 0.217. The van der Waals surface area contributed by atoms with Crippen LogP contribution in [-0.4, -0.2) is 60.8 Å². The fourth-order valence-electron chi connectivity index (χ4n) is 2.96. The van der Waals surface area contributed by atoms with E-state index in [1.54, 1.807) is 42.3 Å². The second-order valence-electron chi connectivity index (χ2n) is 7.20. The summed E-state index contributed by atoms with van der Waals surface area (Å²) in [5.41, 5.74) is 2.56. The van der Waals surface area contributed by atoms with E-state index in [-0.39, 0.29) is 17.5 Å². The van der Waals surface area contributed by atoms with Gasteiger partial charge in [0.25, 0.3) is 11.8 Å². The number of hydrogen-bond acceptors (Lipinski definition) is 3. The number of amides is 2. The van der Waals surface area contributed by atoms with E-state index in [9.17, 15) is 9.59 Å². The first-order valence-corrected chi connectivity index (χ1v) is 9.50. The Morgan fingerprint density at radius 2 is 1.66 bits per heavy atom. The quantitative estimate of drug-likeness (QED) is 0.610. The van der Waals surface area contributed by atoms with Gasteiger partial charge in [0.1, 0.15) is 5.70 Å². The largest absolute Gasteiger partial charge is 0.361 e. The van der Waals surface area contributed by atoms with Gasteiger partial charge in [-0.25, -0.2) is 0 Å². The van der Waals surface area contributed by atoms with Crippen molar-refractivity contribution in [3.8, 4) is 0 Å². The highest BCUT2D eigenvalue weighted by Crippen LogP contribution is 2.20. The van der Waals surface area contributed by atoms with Crippen LogP contribution < -0.4 is 5.32 Å². The molecule has 3 aromatic rings. The Hall–Kier alpha value is -3.38. The lowest BCUT2D eigenvalue weighted by molar-refractivity contribution is -0.126. The Morgan fingerprint density at radius 1 is 0.966 bits per heavy atom. The van der Waals surface area contributed by atoms with Crippen LogP contribution in [-0.2, 0) is 4.79 Å².